The molecule has 0 aliphatic heterocycles. The van der Waals surface area contributed by atoms with Crippen LogP contribution >= 0.6 is 0 Å². The second-order valence-corrected chi connectivity index (χ2v) is 4.17. The van der Waals surface area contributed by atoms with Gasteiger partial charge in [-0.05, 0) is 30.3 Å². The summed E-state index contributed by atoms with van der Waals surface area (Å²) in [4.78, 5) is 4.26. The van der Waals surface area contributed by atoms with Crippen molar-refractivity contribution in [3.05, 3.63) is 47.8 Å². The number of aryl methyl sites for hydroxylation is 1. The Bertz CT molecular complexity index is 520. The average molecular weight is 247 g/mol. The highest BCUT2D eigenvalue weighted by molar-refractivity contribution is 5.38. The molecule has 0 aliphatic carbocycles. The normalized spacial score (nSPS) is 10.8. The number of imidazole rings is 1. The van der Waals surface area contributed by atoms with Crippen molar-refractivity contribution in [3.8, 4) is 5.69 Å². The van der Waals surface area contributed by atoms with Crippen LogP contribution in [0.25, 0.3) is 5.69 Å². The van der Waals surface area contributed by atoms with E-state index in [0.717, 1.165) is 30.0 Å². The van der Waals surface area contributed by atoms with Crippen LogP contribution in [0.1, 0.15) is 25.2 Å². The Balaban J connectivity index is 2.35. The number of hydrogen-bond acceptors (Lipinski definition) is 2. The topological polar surface area (TPSA) is 29.9 Å². The molecule has 2 rings (SSSR count). The molecular formula is C14H18FN3. The summed E-state index contributed by atoms with van der Waals surface area (Å²) in [5.41, 5.74) is 1.78. The van der Waals surface area contributed by atoms with Gasteiger partial charge in [0.25, 0.3) is 0 Å². The van der Waals surface area contributed by atoms with E-state index >= 15 is 0 Å². The van der Waals surface area contributed by atoms with Gasteiger partial charge < -0.3 is 9.88 Å². The fraction of sp³-hybridized carbons (Fsp3) is 0.357. The summed E-state index contributed by atoms with van der Waals surface area (Å²) in [6.45, 7) is 5.62. The van der Waals surface area contributed by atoms with Crippen LogP contribution in [0.5, 0.6) is 0 Å². The Morgan fingerprint density at radius 2 is 2.11 bits per heavy atom. The number of hydrogen-bond donors (Lipinski definition) is 1. The van der Waals surface area contributed by atoms with Crippen LogP contribution in [-0.4, -0.2) is 16.1 Å². The lowest BCUT2D eigenvalue weighted by molar-refractivity contribution is 0.620. The van der Waals surface area contributed by atoms with E-state index in [4.69, 9.17) is 0 Å². The second-order valence-electron chi connectivity index (χ2n) is 4.17. The van der Waals surface area contributed by atoms with Gasteiger partial charge in [0.2, 0.25) is 0 Å². The Morgan fingerprint density at radius 1 is 1.28 bits per heavy atom. The van der Waals surface area contributed by atoms with Crippen molar-refractivity contribution in [2.24, 2.45) is 0 Å². The molecule has 0 radical (unpaired) electrons. The van der Waals surface area contributed by atoms with Crippen LogP contribution in [-0.2, 0) is 13.0 Å². The standard InChI is InChI=1S/C14H18FN3/c1-3-14-17-5-6-18(14)13-8-11(10-16-4-2)7-12(15)9-13/h5-9,16H,3-4,10H2,1-2H3. The lowest BCUT2D eigenvalue weighted by Gasteiger charge is -2.09. The van der Waals surface area contributed by atoms with Crippen molar-refractivity contribution < 1.29 is 4.39 Å². The molecule has 1 heterocycles. The minimum atomic E-state index is -0.212. The molecule has 0 bridgehead atoms. The number of aromatic nitrogens is 2. The number of rotatable bonds is 5. The highest BCUT2D eigenvalue weighted by Gasteiger charge is 2.06. The molecule has 0 fully saturated rings. The van der Waals surface area contributed by atoms with Gasteiger partial charge in [-0.2, -0.15) is 0 Å². The molecule has 0 amide bonds. The van der Waals surface area contributed by atoms with Crippen LogP contribution in [0, 0.1) is 5.82 Å². The fourth-order valence-electron chi connectivity index (χ4n) is 1.97. The van der Waals surface area contributed by atoms with Crippen molar-refractivity contribution in [1.82, 2.24) is 14.9 Å². The monoisotopic (exact) mass is 247 g/mol. The molecule has 1 aromatic heterocycles. The minimum Gasteiger partial charge on any atom is -0.313 e. The first-order valence-electron chi connectivity index (χ1n) is 6.27. The molecule has 0 aliphatic rings. The van der Waals surface area contributed by atoms with Crippen molar-refractivity contribution >= 4 is 0 Å². The summed E-state index contributed by atoms with van der Waals surface area (Å²) >= 11 is 0. The number of nitrogens with one attached hydrogen (secondary N) is 1. The third-order valence-electron chi connectivity index (χ3n) is 2.83. The lowest BCUT2D eigenvalue weighted by atomic mass is 10.2. The Kier molecular flexibility index (Phi) is 4.10. The van der Waals surface area contributed by atoms with Crippen molar-refractivity contribution in [3.63, 3.8) is 0 Å². The Labute approximate surface area is 107 Å². The van der Waals surface area contributed by atoms with E-state index in [1.165, 1.54) is 6.07 Å². The SMILES string of the molecule is CCNCc1cc(F)cc(-n2ccnc2CC)c1. The van der Waals surface area contributed by atoms with Crippen molar-refractivity contribution in [1.29, 1.82) is 0 Å². The summed E-state index contributed by atoms with van der Waals surface area (Å²) in [6, 6.07) is 5.09. The van der Waals surface area contributed by atoms with E-state index in [1.54, 1.807) is 12.3 Å². The molecule has 0 unspecified atom stereocenters. The van der Waals surface area contributed by atoms with E-state index in [9.17, 15) is 4.39 Å². The minimum absolute atomic E-state index is 0.212. The first-order chi connectivity index (χ1) is 8.74. The van der Waals surface area contributed by atoms with Gasteiger partial charge in [0, 0.05) is 31.0 Å². The van der Waals surface area contributed by atoms with Crippen LogP contribution in [0.3, 0.4) is 0 Å². The van der Waals surface area contributed by atoms with Gasteiger partial charge in [-0.15, -0.1) is 0 Å². The zero-order valence-corrected chi connectivity index (χ0v) is 10.8. The summed E-state index contributed by atoms with van der Waals surface area (Å²) < 4.78 is 15.6. The molecule has 0 spiro atoms. The lowest BCUT2D eigenvalue weighted by Crippen LogP contribution is -2.12. The molecule has 1 N–H and O–H groups in total. The molecule has 3 nitrogen and oxygen atoms in total. The van der Waals surface area contributed by atoms with Gasteiger partial charge >= 0.3 is 0 Å². The zero-order valence-electron chi connectivity index (χ0n) is 10.8. The molecule has 96 valence electrons. The van der Waals surface area contributed by atoms with Gasteiger partial charge in [0.1, 0.15) is 11.6 Å². The summed E-state index contributed by atoms with van der Waals surface area (Å²) in [7, 11) is 0. The fourth-order valence-corrected chi connectivity index (χ4v) is 1.97. The largest absolute Gasteiger partial charge is 0.313 e. The second kappa shape index (κ2) is 5.78. The molecule has 0 saturated heterocycles. The molecule has 18 heavy (non-hydrogen) atoms. The number of nitrogens with zero attached hydrogens (tertiary/aromatic N) is 2. The summed E-state index contributed by atoms with van der Waals surface area (Å²) in [5, 5.41) is 3.20. The average Bonchev–Trinajstić information content (AvgIpc) is 2.84. The third-order valence-corrected chi connectivity index (χ3v) is 2.83. The van der Waals surface area contributed by atoms with Crippen LogP contribution in [0.15, 0.2) is 30.6 Å². The Hall–Kier alpha value is -1.68. The van der Waals surface area contributed by atoms with E-state index < -0.39 is 0 Å². The first-order valence-corrected chi connectivity index (χ1v) is 6.27. The smallest absolute Gasteiger partial charge is 0.125 e. The quantitative estimate of drug-likeness (QED) is 0.880. The highest BCUT2D eigenvalue weighted by atomic mass is 19.1. The maximum absolute atomic E-state index is 13.6. The number of benzene rings is 1. The van der Waals surface area contributed by atoms with E-state index in [0.29, 0.717) is 6.54 Å². The zero-order chi connectivity index (χ0) is 13.0. The molecule has 2 aromatic rings. The van der Waals surface area contributed by atoms with Gasteiger partial charge in [0.05, 0.1) is 0 Å². The van der Waals surface area contributed by atoms with E-state index in [1.807, 2.05) is 30.7 Å². The maximum atomic E-state index is 13.6. The van der Waals surface area contributed by atoms with Gasteiger partial charge in [0.15, 0.2) is 0 Å². The van der Waals surface area contributed by atoms with Crippen molar-refractivity contribution in [2.45, 2.75) is 26.8 Å². The van der Waals surface area contributed by atoms with E-state index in [-0.39, 0.29) is 5.82 Å². The predicted octanol–water partition coefficient (Wildman–Crippen LogP) is 2.68. The predicted molar refractivity (Wildman–Crippen MR) is 70.3 cm³/mol. The molecule has 4 heteroatoms. The Morgan fingerprint density at radius 3 is 2.83 bits per heavy atom. The van der Waals surface area contributed by atoms with Crippen LogP contribution in [0.2, 0.25) is 0 Å². The first kappa shape index (κ1) is 12.8. The van der Waals surface area contributed by atoms with Gasteiger partial charge in [-0.25, -0.2) is 9.37 Å². The molecule has 0 saturated carbocycles. The van der Waals surface area contributed by atoms with Crippen LogP contribution < -0.4 is 5.32 Å². The molecule has 0 atom stereocenters. The summed E-state index contributed by atoms with van der Waals surface area (Å²) in [5.74, 6) is 0.728. The summed E-state index contributed by atoms with van der Waals surface area (Å²) in [6.07, 6.45) is 4.43. The highest BCUT2D eigenvalue weighted by Crippen LogP contribution is 2.16. The molecule has 1 aromatic carbocycles. The molecular weight excluding hydrogens is 229 g/mol. The third kappa shape index (κ3) is 2.76. The maximum Gasteiger partial charge on any atom is 0.125 e. The van der Waals surface area contributed by atoms with Gasteiger partial charge in [-0.1, -0.05) is 13.8 Å². The van der Waals surface area contributed by atoms with Crippen LogP contribution in [0.4, 0.5) is 4.39 Å². The van der Waals surface area contributed by atoms with Gasteiger partial charge in [-0.3, -0.25) is 0 Å². The van der Waals surface area contributed by atoms with Crippen molar-refractivity contribution in [2.75, 3.05) is 6.54 Å². The van der Waals surface area contributed by atoms with E-state index in [2.05, 4.69) is 10.3 Å². The number of halogens is 1.